The van der Waals surface area contributed by atoms with E-state index in [1.54, 1.807) is 30.3 Å². The summed E-state index contributed by atoms with van der Waals surface area (Å²) >= 11 is 1.07. The smallest absolute Gasteiger partial charge is 0.313 e. The van der Waals surface area contributed by atoms with Crippen LogP contribution in [0.4, 0.5) is 5.69 Å². The molecule has 29 heavy (non-hydrogen) atoms. The first-order chi connectivity index (χ1) is 13.9. The van der Waals surface area contributed by atoms with E-state index in [-0.39, 0.29) is 17.3 Å². The zero-order chi connectivity index (χ0) is 21.0. The van der Waals surface area contributed by atoms with Crippen LogP contribution in [0.2, 0.25) is 0 Å². The highest BCUT2D eigenvalue weighted by Crippen LogP contribution is 2.29. The molecule has 1 aliphatic heterocycles. The molecule has 1 aliphatic rings. The average Bonchev–Trinajstić information content (AvgIpc) is 3.20. The minimum absolute atomic E-state index is 0.0952. The van der Waals surface area contributed by atoms with Crippen molar-refractivity contribution in [2.24, 2.45) is 10.2 Å². The number of nitro benzene ring substituents is 1. The molecule has 0 atom stereocenters. The van der Waals surface area contributed by atoms with Crippen molar-refractivity contribution in [1.29, 1.82) is 0 Å². The summed E-state index contributed by atoms with van der Waals surface area (Å²) in [6.45, 7) is 0. The summed E-state index contributed by atoms with van der Waals surface area (Å²) in [5, 5.41) is 31.3. The summed E-state index contributed by atoms with van der Waals surface area (Å²) in [6.07, 6.45) is 0.314. The zero-order valence-corrected chi connectivity index (χ0v) is 16.1. The standard InChI is InChI=1S/C19H16N4O5S/c1-20-19(26)12-4-2-11(3-5-12)13-6-14(8-15(7-13)23(27)28)16-9-17(22-21-16)29-10-18(24)25/h2-8H,9-10H2,1H3,(H,20,26)(H,24,25). The molecule has 0 saturated heterocycles. The predicted octanol–water partition coefficient (Wildman–Crippen LogP) is 2.95. The topological polar surface area (TPSA) is 134 Å². The molecule has 0 saturated carbocycles. The van der Waals surface area contributed by atoms with Crippen molar-refractivity contribution >= 4 is 40.1 Å². The third-order valence-electron chi connectivity index (χ3n) is 4.13. The molecule has 10 heteroatoms. The van der Waals surface area contributed by atoms with Crippen molar-refractivity contribution in [3.8, 4) is 11.1 Å². The minimum atomic E-state index is -0.955. The fourth-order valence-corrected chi connectivity index (χ4v) is 3.35. The van der Waals surface area contributed by atoms with Gasteiger partial charge in [0.2, 0.25) is 0 Å². The third-order valence-corrected chi connectivity index (χ3v) is 5.08. The van der Waals surface area contributed by atoms with Gasteiger partial charge in [0, 0.05) is 36.7 Å². The quantitative estimate of drug-likeness (QED) is 0.553. The Bertz CT molecular complexity index is 1050. The van der Waals surface area contributed by atoms with Crippen LogP contribution in [0.3, 0.4) is 0 Å². The minimum Gasteiger partial charge on any atom is -0.481 e. The fraction of sp³-hybridized carbons (Fsp3) is 0.158. The van der Waals surface area contributed by atoms with Gasteiger partial charge in [0.1, 0.15) is 5.04 Å². The number of non-ortho nitro benzene ring substituents is 1. The van der Waals surface area contributed by atoms with Gasteiger partial charge in [-0.25, -0.2) is 0 Å². The van der Waals surface area contributed by atoms with Crippen LogP contribution in [-0.4, -0.2) is 45.5 Å². The Balaban J connectivity index is 1.89. The van der Waals surface area contributed by atoms with Crippen LogP contribution in [0.15, 0.2) is 52.7 Å². The lowest BCUT2D eigenvalue weighted by atomic mass is 9.98. The van der Waals surface area contributed by atoms with Gasteiger partial charge < -0.3 is 10.4 Å². The Hall–Kier alpha value is -3.53. The maximum Gasteiger partial charge on any atom is 0.313 e. The van der Waals surface area contributed by atoms with Crippen molar-refractivity contribution in [2.45, 2.75) is 6.42 Å². The molecule has 0 spiro atoms. The number of nitro groups is 1. The maximum atomic E-state index is 11.7. The zero-order valence-electron chi connectivity index (χ0n) is 15.3. The van der Waals surface area contributed by atoms with Gasteiger partial charge in [-0.3, -0.25) is 19.7 Å². The Labute approximate surface area is 169 Å². The van der Waals surface area contributed by atoms with Gasteiger partial charge >= 0.3 is 5.97 Å². The van der Waals surface area contributed by atoms with Crippen LogP contribution in [0.25, 0.3) is 11.1 Å². The van der Waals surface area contributed by atoms with E-state index in [1.165, 1.54) is 19.2 Å². The molecule has 0 unspecified atom stereocenters. The first kappa shape index (κ1) is 20.2. The number of carbonyl (C=O) groups is 2. The number of amides is 1. The van der Waals surface area contributed by atoms with E-state index in [0.29, 0.717) is 39.4 Å². The second-order valence-corrected chi connectivity index (χ2v) is 7.13. The lowest BCUT2D eigenvalue weighted by Crippen LogP contribution is -2.17. The number of hydrogen-bond donors (Lipinski definition) is 2. The van der Waals surface area contributed by atoms with E-state index in [2.05, 4.69) is 15.5 Å². The highest BCUT2D eigenvalue weighted by atomic mass is 32.2. The number of nitrogens with zero attached hydrogens (tertiary/aromatic N) is 3. The van der Waals surface area contributed by atoms with Gasteiger partial charge in [0.15, 0.2) is 0 Å². The van der Waals surface area contributed by atoms with Crippen LogP contribution in [0.1, 0.15) is 22.3 Å². The molecule has 9 nitrogen and oxygen atoms in total. The van der Waals surface area contributed by atoms with E-state index in [1.807, 2.05) is 0 Å². The molecule has 1 amide bonds. The molecule has 2 aromatic rings. The third kappa shape index (κ3) is 4.85. The molecule has 148 valence electrons. The summed E-state index contributed by atoms with van der Waals surface area (Å²) in [6, 6.07) is 11.4. The summed E-state index contributed by atoms with van der Waals surface area (Å²) in [5.41, 5.74) is 2.77. The number of rotatable bonds is 6. The molecular formula is C19H16N4O5S. The number of hydrogen-bond acceptors (Lipinski definition) is 7. The van der Waals surface area contributed by atoms with Crippen LogP contribution in [0.5, 0.6) is 0 Å². The fourth-order valence-electron chi connectivity index (χ4n) is 2.72. The van der Waals surface area contributed by atoms with Crippen LogP contribution < -0.4 is 5.32 Å². The van der Waals surface area contributed by atoms with E-state index < -0.39 is 10.9 Å². The van der Waals surface area contributed by atoms with E-state index >= 15 is 0 Å². The number of carboxylic acids is 1. The Kier molecular flexibility index (Phi) is 6.03. The van der Waals surface area contributed by atoms with Gasteiger partial charge in [-0.1, -0.05) is 23.9 Å². The summed E-state index contributed by atoms with van der Waals surface area (Å²) in [5.74, 6) is -1.30. The number of carboxylic acid groups (broad SMARTS) is 1. The monoisotopic (exact) mass is 412 g/mol. The summed E-state index contributed by atoms with van der Waals surface area (Å²) in [7, 11) is 1.54. The van der Waals surface area contributed by atoms with E-state index in [0.717, 1.165) is 11.8 Å². The normalized spacial score (nSPS) is 12.9. The average molecular weight is 412 g/mol. The first-order valence-electron chi connectivity index (χ1n) is 8.47. The molecule has 0 fully saturated rings. The van der Waals surface area contributed by atoms with Gasteiger partial charge in [0.05, 0.1) is 16.4 Å². The highest BCUT2D eigenvalue weighted by Gasteiger charge is 2.20. The van der Waals surface area contributed by atoms with Gasteiger partial charge in [0.25, 0.3) is 11.6 Å². The molecule has 0 aliphatic carbocycles. The van der Waals surface area contributed by atoms with Gasteiger partial charge in [-0.05, 0) is 29.3 Å². The predicted molar refractivity (Wildman–Crippen MR) is 111 cm³/mol. The molecule has 0 aromatic heterocycles. The number of carbonyl (C=O) groups excluding carboxylic acids is 1. The molecule has 2 N–H and O–H groups in total. The number of nitrogens with one attached hydrogen (secondary N) is 1. The van der Waals surface area contributed by atoms with Crippen molar-refractivity contribution in [3.05, 3.63) is 63.7 Å². The highest BCUT2D eigenvalue weighted by molar-refractivity contribution is 8.14. The molecular weight excluding hydrogens is 396 g/mol. The second kappa shape index (κ2) is 8.65. The Morgan fingerprint density at radius 3 is 2.45 bits per heavy atom. The number of aliphatic carboxylic acids is 1. The van der Waals surface area contributed by atoms with Crippen LogP contribution in [-0.2, 0) is 4.79 Å². The first-order valence-corrected chi connectivity index (χ1v) is 9.46. The molecule has 2 aromatic carbocycles. The Morgan fingerprint density at radius 1 is 1.14 bits per heavy atom. The molecule has 1 heterocycles. The Morgan fingerprint density at radius 2 is 1.83 bits per heavy atom. The van der Waals surface area contributed by atoms with Crippen LogP contribution >= 0.6 is 11.8 Å². The van der Waals surface area contributed by atoms with E-state index in [4.69, 9.17) is 5.11 Å². The number of thioether (sulfide) groups is 1. The van der Waals surface area contributed by atoms with Crippen LogP contribution in [0, 0.1) is 10.1 Å². The summed E-state index contributed by atoms with van der Waals surface area (Å²) in [4.78, 5) is 33.3. The molecule has 0 bridgehead atoms. The van der Waals surface area contributed by atoms with Crippen molar-refractivity contribution in [3.63, 3.8) is 0 Å². The lowest BCUT2D eigenvalue weighted by Gasteiger charge is -2.07. The van der Waals surface area contributed by atoms with E-state index in [9.17, 15) is 19.7 Å². The second-order valence-electron chi connectivity index (χ2n) is 6.08. The van der Waals surface area contributed by atoms with Crippen molar-refractivity contribution in [1.82, 2.24) is 5.32 Å². The molecule has 0 radical (unpaired) electrons. The largest absolute Gasteiger partial charge is 0.481 e. The van der Waals surface area contributed by atoms with Gasteiger partial charge in [-0.2, -0.15) is 5.10 Å². The SMILES string of the molecule is CNC(=O)c1ccc(-c2cc(C3=NN=C(SCC(=O)O)C3)cc([N+](=O)[O-])c2)cc1. The van der Waals surface area contributed by atoms with Crippen molar-refractivity contribution < 1.29 is 19.6 Å². The summed E-state index contributed by atoms with van der Waals surface area (Å²) < 4.78 is 0. The van der Waals surface area contributed by atoms with Crippen molar-refractivity contribution in [2.75, 3.05) is 12.8 Å². The van der Waals surface area contributed by atoms with Gasteiger partial charge in [-0.15, -0.1) is 5.10 Å². The molecule has 3 rings (SSSR count). The maximum absolute atomic E-state index is 11.7. The number of benzene rings is 2. The lowest BCUT2D eigenvalue weighted by molar-refractivity contribution is -0.384.